The van der Waals surface area contributed by atoms with Gasteiger partial charge in [-0.15, -0.1) is 0 Å². The van der Waals surface area contributed by atoms with Crippen LogP contribution < -0.4 is 25.9 Å². The van der Waals surface area contributed by atoms with Gasteiger partial charge in [-0.2, -0.15) is 0 Å². The largest absolute Gasteiger partial charge is 0.458 e. The fourth-order valence-electron chi connectivity index (χ4n) is 12.1. The third-order valence-corrected chi connectivity index (χ3v) is 15.8. The first-order valence-corrected chi connectivity index (χ1v) is 26.1. The molecule has 74 heavy (non-hydrogen) atoms. The minimum absolute atomic E-state index is 0.00227. The van der Waals surface area contributed by atoms with Crippen molar-refractivity contribution in [1.82, 2.24) is 9.13 Å². The number of aromatic nitrogens is 2. The summed E-state index contributed by atoms with van der Waals surface area (Å²) >= 11 is 6.76. The summed E-state index contributed by atoms with van der Waals surface area (Å²) < 4.78 is 19.3. The van der Waals surface area contributed by atoms with Gasteiger partial charge in [0.1, 0.15) is 23.0 Å². The second-order valence-electron chi connectivity index (χ2n) is 22.2. The summed E-state index contributed by atoms with van der Waals surface area (Å²) in [5.74, 6) is 3.15. The van der Waals surface area contributed by atoms with Crippen LogP contribution in [0.4, 0.5) is 0 Å². The molecule has 4 nitrogen and oxygen atoms in total. The molecule has 0 saturated heterocycles. The molecule has 0 atom stereocenters. The van der Waals surface area contributed by atoms with Crippen molar-refractivity contribution in [2.75, 3.05) is 0 Å². The number of benzene rings is 10. The molecule has 0 bridgehead atoms. The Hall–Kier alpha value is -8.25. The number of para-hydroxylation sites is 4. The molecule has 10 aromatic carbocycles. The van der Waals surface area contributed by atoms with Crippen LogP contribution in [0.3, 0.4) is 0 Å². The van der Waals surface area contributed by atoms with Crippen molar-refractivity contribution in [3.8, 4) is 67.8 Å². The van der Waals surface area contributed by atoms with Gasteiger partial charge in [0, 0.05) is 43.2 Å². The summed E-state index contributed by atoms with van der Waals surface area (Å²) in [5, 5.41) is 5.45. The second kappa shape index (κ2) is 16.4. The highest BCUT2D eigenvalue weighted by Gasteiger charge is 2.41. The van der Waals surface area contributed by atoms with Gasteiger partial charge in [-0.3, -0.25) is 0 Å². The highest BCUT2D eigenvalue weighted by molar-refractivity contribution is 6.98. The summed E-state index contributed by atoms with van der Waals surface area (Å²) in [6, 6.07) is 75.1. The molecule has 0 fully saturated rings. The van der Waals surface area contributed by atoms with Crippen molar-refractivity contribution >= 4 is 78.3 Å². The zero-order valence-electron chi connectivity index (χ0n) is 42.3. The van der Waals surface area contributed by atoms with Crippen LogP contribution in [-0.4, -0.2) is 15.8 Å². The van der Waals surface area contributed by atoms with E-state index in [1.807, 2.05) is 12.1 Å². The van der Waals surface area contributed by atoms with Gasteiger partial charge in [-0.05, 0) is 110 Å². The number of rotatable bonds is 5. The van der Waals surface area contributed by atoms with Crippen molar-refractivity contribution < 1.29 is 9.47 Å². The van der Waals surface area contributed by atoms with Gasteiger partial charge in [-0.25, -0.2) is 0 Å². The Balaban J connectivity index is 1.06. The zero-order chi connectivity index (χ0) is 50.2. The van der Waals surface area contributed by atoms with Gasteiger partial charge in [0.2, 0.25) is 0 Å². The smallest absolute Gasteiger partial charge is 0.260 e. The van der Waals surface area contributed by atoms with E-state index < -0.39 is 0 Å². The molecular weight excluding hydrogens is 923 g/mol. The maximum absolute atomic E-state index is 7.35. The monoisotopic (exact) mass is 974 g/mol. The van der Waals surface area contributed by atoms with E-state index in [2.05, 4.69) is 245 Å². The standard InChI is InChI=1S/C68H52BClN2O2/c1-67(2,3)44-29-31-46(53(39-44)68(4,5)6)43-37-62-64-63(38-43)74-61-40-45(70)30-35-55(61)69(64)54-34-28-42(36-60(54)73-62)48-33-32-47(41-18-8-7-9-19-41)65(71-56-24-14-10-20-49(56)50-21-11-15-25-57(50)71)66(48)72-58-26-16-12-22-51(58)52-23-13-17-27-59(52)72/h7-40H,1-6H3. The molecule has 2 aliphatic heterocycles. The van der Waals surface area contributed by atoms with Crippen LogP contribution in [0.5, 0.6) is 23.0 Å². The molecule has 356 valence electrons. The quantitative estimate of drug-likeness (QED) is 0.161. The van der Waals surface area contributed by atoms with Crippen molar-refractivity contribution in [1.29, 1.82) is 0 Å². The van der Waals surface area contributed by atoms with Crippen molar-refractivity contribution in [3.05, 3.63) is 222 Å². The number of hydrogen-bond acceptors (Lipinski definition) is 2. The lowest BCUT2D eigenvalue weighted by atomic mass is 9.35. The summed E-state index contributed by atoms with van der Waals surface area (Å²) in [7, 11) is 0. The highest BCUT2D eigenvalue weighted by atomic mass is 35.5. The predicted molar refractivity (Wildman–Crippen MR) is 312 cm³/mol. The number of ether oxygens (including phenoxy) is 2. The average molecular weight is 975 g/mol. The molecule has 4 heterocycles. The van der Waals surface area contributed by atoms with Crippen LogP contribution in [0.1, 0.15) is 52.7 Å². The first-order chi connectivity index (χ1) is 35.9. The lowest BCUT2D eigenvalue weighted by Gasteiger charge is -2.34. The predicted octanol–water partition coefficient (Wildman–Crippen LogP) is 16.9. The van der Waals surface area contributed by atoms with Gasteiger partial charge < -0.3 is 18.6 Å². The minimum Gasteiger partial charge on any atom is -0.458 e. The first kappa shape index (κ1) is 44.5. The molecule has 2 aromatic heterocycles. The number of halogens is 1. The number of fused-ring (bicyclic) bond motifs is 10. The van der Waals surface area contributed by atoms with Crippen molar-refractivity contribution in [2.45, 2.75) is 52.4 Å². The molecule has 0 aliphatic carbocycles. The van der Waals surface area contributed by atoms with Gasteiger partial charge in [0.05, 0.1) is 33.4 Å². The Morgan fingerprint density at radius 2 is 0.824 bits per heavy atom. The topological polar surface area (TPSA) is 28.3 Å². The summed E-state index contributed by atoms with van der Waals surface area (Å²) in [5.41, 5.74) is 18.9. The molecule has 0 spiro atoms. The van der Waals surface area contributed by atoms with Crippen LogP contribution in [0, 0.1) is 0 Å². The maximum atomic E-state index is 7.35. The van der Waals surface area contributed by atoms with Crippen molar-refractivity contribution in [3.63, 3.8) is 0 Å². The summed E-state index contributed by atoms with van der Waals surface area (Å²) in [6.45, 7) is 13.6. The lowest BCUT2D eigenvalue weighted by molar-refractivity contribution is 0.465. The molecule has 2 aliphatic rings. The third-order valence-electron chi connectivity index (χ3n) is 15.6. The van der Waals surface area contributed by atoms with Crippen LogP contribution in [0.15, 0.2) is 206 Å². The van der Waals surface area contributed by atoms with Crippen LogP contribution in [-0.2, 0) is 10.8 Å². The van der Waals surface area contributed by atoms with E-state index in [1.165, 1.54) is 32.7 Å². The van der Waals surface area contributed by atoms with E-state index in [-0.39, 0.29) is 17.5 Å². The maximum Gasteiger partial charge on any atom is 0.260 e. The number of hydrogen-bond donors (Lipinski definition) is 0. The Bertz CT molecular complexity index is 4200. The first-order valence-electron chi connectivity index (χ1n) is 25.7. The van der Waals surface area contributed by atoms with Gasteiger partial charge >= 0.3 is 0 Å². The van der Waals surface area contributed by atoms with Gasteiger partial charge in [0.15, 0.2) is 0 Å². The SMILES string of the molecule is CC(C)(C)c1ccc(-c2cc3c4c(c2)Oc2cc(-c5ccc(-c6ccccc6)c(-n6c7ccccc7c7ccccc76)c5-n5c6ccccc6c6ccccc65)ccc2B4c2ccc(Cl)cc2O3)c(C(C)(C)C)c1. The average Bonchev–Trinajstić information content (AvgIpc) is 3.93. The Kier molecular flexibility index (Phi) is 9.84. The fraction of sp³-hybridized carbons (Fsp3) is 0.118. The number of nitrogens with zero attached hydrogens (tertiary/aromatic N) is 2. The zero-order valence-corrected chi connectivity index (χ0v) is 43.1. The van der Waals surface area contributed by atoms with Crippen LogP contribution in [0.25, 0.3) is 88.4 Å². The molecule has 14 rings (SSSR count). The molecule has 12 aromatic rings. The Morgan fingerprint density at radius 1 is 0.378 bits per heavy atom. The van der Waals surface area contributed by atoms with Crippen molar-refractivity contribution in [2.24, 2.45) is 0 Å². The Labute approximate surface area is 437 Å². The van der Waals surface area contributed by atoms with Crippen LogP contribution >= 0.6 is 11.6 Å². The minimum atomic E-state index is -0.149. The molecule has 0 radical (unpaired) electrons. The third kappa shape index (κ3) is 6.83. The molecule has 0 saturated carbocycles. The van der Waals surface area contributed by atoms with Gasteiger partial charge in [0.25, 0.3) is 6.71 Å². The van der Waals surface area contributed by atoms with E-state index in [0.717, 1.165) is 106 Å². The fourth-order valence-corrected chi connectivity index (χ4v) is 12.3. The molecule has 0 N–H and O–H groups in total. The van der Waals surface area contributed by atoms with Crippen LogP contribution in [0.2, 0.25) is 5.02 Å². The van der Waals surface area contributed by atoms with E-state index in [0.29, 0.717) is 5.02 Å². The lowest BCUT2D eigenvalue weighted by Crippen LogP contribution is -2.57. The van der Waals surface area contributed by atoms with E-state index in [4.69, 9.17) is 21.1 Å². The highest BCUT2D eigenvalue weighted by Crippen LogP contribution is 2.48. The van der Waals surface area contributed by atoms with E-state index in [1.54, 1.807) is 0 Å². The van der Waals surface area contributed by atoms with Gasteiger partial charge in [-0.1, -0.05) is 205 Å². The van der Waals surface area contributed by atoms with E-state index in [9.17, 15) is 0 Å². The second-order valence-corrected chi connectivity index (χ2v) is 22.6. The normalized spacial score (nSPS) is 13.0. The molecule has 0 amide bonds. The summed E-state index contributed by atoms with van der Waals surface area (Å²) in [4.78, 5) is 0. The Morgan fingerprint density at radius 3 is 1.34 bits per heavy atom. The summed E-state index contributed by atoms with van der Waals surface area (Å²) in [6.07, 6.45) is 0. The molecule has 6 heteroatoms. The van der Waals surface area contributed by atoms with E-state index >= 15 is 0 Å². The molecule has 0 unspecified atom stereocenters. The molecular formula is C68H52BClN2O2.